The average Bonchev–Trinajstić information content (AvgIpc) is 3.19. The van der Waals surface area contributed by atoms with Gasteiger partial charge in [0.1, 0.15) is 5.69 Å². The van der Waals surface area contributed by atoms with Gasteiger partial charge < -0.3 is 0 Å². The number of benzene rings is 5. The van der Waals surface area contributed by atoms with E-state index >= 15 is 0 Å². The molecule has 10 rings (SSSR count). The summed E-state index contributed by atoms with van der Waals surface area (Å²) in [6, 6.07) is 48.4. The molecule has 0 aliphatic carbocycles. The Bertz CT molecular complexity index is 2940. The summed E-state index contributed by atoms with van der Waals surface area (Å²) in [5.41, 5.74) is 10.7. The van der Waals surface area contributed by atoms with Crippen molar-refractivity contribution in [3.63, 3.8) is 0 Å². The van der Waals surface area contributed by atoms with Crippen molar-refractivity contribution in [2.24, 2.45) is 0 Å². The maximum atomic E-state index is 5.06. The van der Waals surface area contributed by atoms with E-state index in [0.717, 1.165) is 93.7 Å². The molecule has 0 aliphatic heterocycles. The Morgan fingerprint density at radius 3 is 1.66 bits per heavy atom. The molecule has 5 heterocycles. The van der Waals surface area contributed by atoms with Gasteiger partial charge in [-0.1, -0.05) is 78.9 Å². The van der Waals surface area contributed by atoms with E-state index in [1.54, 1.807) is 12.4 Å². The zero-order valence-electron chi connectivity index (χ0n) is 26.7. The summed E-state index contributed by atoms with van der Waals surface area (Å²) >= 11 is 0. The SMILES string of the molecule is c1cnc(-c2ccc3ccc(-c4ccc5nc(-c6ccc7cc(-c8ccc9ccc%10cccnc%10c9n8)ccc7c6)ccc5c4)cc3n2)nc1. The maximum Gasteiger partial charge on any atom is 0.178 e. The molecule has 0 saturated carbocycles. The lowest BCUT2D eigenvalue weighted by Crippen LogP contribution is -1.91. The highest BCUT2D eigenvalue weighted by molar-refractivity contribution is 6.03. The van der Waals surface area contributed by atoms with Crippen LogP contribution in [-0.4, -0.2) is 29.9 Å². The number of fused-ring (bicyclic) bond motifs is 6. The van der Waals surface area contributed by atoms with Crippen LogP contribution in [0.4, 0.5) is 0 Å². The minimum atomic E-state index is 0.619. The number of hydrogen-bond donors (Lipinski definition) is 0. The van der Waals surface area contributed by atoms with E-state index < -0.39 is 0 Å². The van der Waals surface area contributed by atoms with Crippen molar-refractivity contribution in [1.29, 1.82) is 0 Å². The molecule has 0 fully saturated rings. The van der Waals surface area contributed by atoms with E-state index in [4.69, 9.17) is 15.0 Å². The van der Waals surface area contributed by atoms with Crippen LogP contribution in [0, 0.1) is 0 Å². The summed E-state index contributed by atoms with van der Waals surface area (Å²) < 4.78 is 0. The number of pyridine rings is 4. The largest absolute Gasteiger partial charge is 0.254 e. The van der Waals surface area contributed by atoms with Gasteiger partial charge >= 0.3 is 0 Å². The minimum Gasteiger partial charge on any atom is -0.254 e. The van der Waals surface area contributed by atoms with Crippen molar-refractivity contribution >= 4 is 54.4 Å². The van der Waals surface area contributed by atoms with E-state index in [0.29, 0.717) is 5.82 Å². The maximum absolute atomic E-state index is 5.06. The molecule has 0 unspecified atom stereocenters. The van der Waals surface area contributed by atoms with Gasteiger partial charge in [0.25, 0.3) is 0 Å². The molecule has 0 amide bonds. The summed E-state index contributed by atoms with van der Waals surface area (Å²) in [5, 5.41) is 6.65. The van der Waals surface area contributed by atoms with Crippen LogP contribution in [0.3, 0.4) is 0 Å². The molecule has 0 radical (unpaired) electrons. The van der Waals surface area contributed by atoms with Crippen molar-refractivity contribution in [3.05, 3.63) is 158 Å². The molecule has 0 bridgehead atoms. The van der Waals surface area contributed by atoms with E-state index in [1.807, 2.05) is 24.4 Å². The van der Waals surface area contributed by atoms with E-state index in [-0.39, 0.29) is 0 Å². The Hall–Kier alpha value is -6.92. The second-order valence-electron chi connectivity index (χ2n) is 12.5. The van der Waals surface area contributed by atoms with Gasteiger partial charge in [-0.25, -0.2) is 24.9 Å². The molecule has 0 spiro atoms. The molecular formula is C44H26N6. The molecule has 5 aromatic heterocycles. The normalized spacial score (nSPS) is 11.6. The first-order chi connectivity index (χ1) is 24.7. The first kappa shape index (κ1) is 28.1. The third-order valence-electron chi connectivity index (χ3n) is 9.37. The molecule has 232 valence electrons. The van der Waals surface area contributed by atoms with Crippen LogP contribution in [0.5, 0.6) is 0 Å². The van der Waals surface area contributed by atoms with Crippen LogP contribution < -0.4 is 0 Å². The zero-order valence-corrected chi connectivity index (χ0v) is 26.7. The number of rotatable bonds is 4. The van der Waals surface area contributed by atoms with Crippen LogP contribution in [0.15, 0.2) is 158 Å². The monoisotopic (exact) mass is 638 g/mol. The topological polar surface area (TPSA) is 77.3 Å². The van der Waals surface area contributed by atoms with Gasteiger partial charge in [0, 0.05) is 51.3 Å². The molecule has 6 nitrogen and oxygen atoms in total. The Labute approximate surface area is 286 Å². The highest BCUT2D eigenvalue weighted by atomic mass is 14.9. The standard InChI is InChI=1S/C44H26N6/c1-3-28-5-6-29-13-16-39(50-43(29)42(28)45-20-1)35-11-9-30-23-34(10-8-31(30)24-35)38-18-15-36-25-32(14-17-37(36)48-38)33-7-4-27-12-19-40(49-41(27)26-33)44-46-21-2-22-47-44/h1-26H. The Kier molecular flexibility index (Phi) is 6.39. The second kappa shape index (κ2) is 11.4. The summed E-state index contributed by atoms with van der Waals surface area (Å²) in [5.74, 6) is 0.619. The predicted octanol–water partition coefficient (Wildman–Crippen LogP) is 10.5. The quantitative estimate of drug-likeness (QED) is 0.179. The molecule has 10 aromatic rings. The highest BCUT2D eigenvalue weighted by Gasteiger charge is 2.10. The first-order valence-corrected chi connectivity index (χ1v) is 16.5. The molecule has 6 heteroatoms. The van der Waals surface area contributed by atoms with Crippen LogP contribution >= 0.6 is 0 Å². The Morgan fingerprint density at radius 2 is 0.840 bits per heavy atom. The van der Waals surface area contributed by atoms with Gasteiger partial charge in [-0.2, -0.15) is 0 Å². The Balaban J connectivity index is 0.950. The predicted molar refractivity (Wildman–Crippen MR) is 202 cm³/mol. The first-order valence-electron chi connectivity index (χ1n) is 16.5. The lowest BCUT2D eigenvalue weighted by Gasteiger charge is -2.09. The van der Waals surface area contributed by atoms with Crippen LogP contribution in [0.25, 0.3) is 99.5 Å². The van der Waals surface area contributed by atoms with Crippen LogP contribution in [-0.2, 0) is 0 Å². The third-order valence-corrected chi connectivity index (χ3v) is 9.37. The highest BCUT2D eigenvalue weighted by Crippen LogP contribution is 2.32. The molecule has 50 heavy (non-hydrogen) atoms. The number of nitrogens with zero attached hydrogens (tertiary/aromatic N) is 6. The van der Waals surface area contributed by atoms with Gasteiger partial charge in [0.2, 0.25) is 0 Å². The average molecular weight is 639 g/mol. The summed E-state index contributed by atoms with van der Waals surface area (Å²) in [7, 11) is 0. The van der Waals surface area contributed by atoms with Crippen molar-refractivity contribution in [1.82, 2.24) is 29.9 Å². The van der Waals surface area contributed by atoms with E-state index in [2.05, 4.69) is 136 Å². The molecule has 0 atom stereocenters. The van der Waals surface area contributed by atoms with E-state index in [1.165, 1.54) is 0 Å². The fourth-order valence-corrected chi connectivity index (χ4v) is 6.77. The smallest absolute Gasteiger partial charge is 0.178 e. The summed E-state index contributed by atoms with van der Waals surface area (Å²) in [6.45, 7) is 0. The third kappa shape index (κ3) is 4.90. The minimum absolute atomic E-state index is 0.619. The lowest BCUT2D eigenvalue weighted by atomic mass is 9.99. The molecule has 0 saturated heterocycles. The lowest BCUT2D eigenvalue weighted by molar-refractivity contribution is 1.15. The molecule has 5 aromatic carbocycles. The number of aromatic nitrogens is 6. The number of hydrogen-bond acceptors (Lipinski definition) is 6. The molecule has 0 N–H and O–H groups in total. The van der Waals surface area contributed by atoms with Crippen molar-refractivity contribution < 1.29 is 0 Å². The van der Waals surface area contributed by atoms with Crippen LogP contribution in [0.2, 0.25) is 0 Å². The summed E-state index contributed by atoms with van der Waals surface area (Å²) in [6.07, 6.45) is 5.30. The van der Waals surface area contributed by atoms with Gasteiger partial charge in [0.05, 0.1) is 33.5 Å². The van der Waals surface area contributed by atoms with E-state index in [9.17, 15) is 0 Å². The van der Waals surface area contributed by atoms with Gasteiger partial charge in [-0.3, -0.25) is 4.98 Å². The summed E-state index contributed by atoms with van der Waals surface area (Å²) in [4.78, 5) is 28.3. The van der Waals surface area contributed by atoms with Crippen molar-refractivity contribution in [2.45, 2.75) is 0 Å². The van der Waals surface area contributed by atoms with Gasteiger partial charge in [-0.05, 0) is 82.6 Å². The van der Waals surface area contributed by atoms with Crippen molar-refractivity contribution in [3.8, 4) is 45.2 Å². The van der Waals surface area contributed by atoms with Crippen LogP contribution in [0.1, 0.15) is 0 Å². The Morgan fingerprint density at radius 1 is 0.300 bits per heavy atom. The van der Waals surface area contributed by atoms with Gasteiger partial charge in [0.15, 0.2) is 5.82 Å². The second-order valence-corrected chi connectivity index (χ2v) is 12.5. The van der Waals surface area contributed by atoms with Crippen molar-refractivity contribution in [2.75, 3.05) is 0 Å². The fourth-order valence-electron chi connectivity index (χ4n) is 6.77. The molecule has 0 aliphatic rings. The zero-order chi connectivity index (χ0) is 33.0. The fraction of sp³-hybridized carbons (Fsp3) is 0. The van der Waals surface area contributed by atoms with Gasteiger partial charge in [-0.15, -0.1) is 0 Å². The molecular weight excluding hydrogens is 613 g/mol.